The number of halogens is 1. The highest BCUT2D eigenvalue weighted by atomic mass is 35.5. The zero-order valence-corrected chi connectivity index (χ0v) is 9.48. The van der Waals surface area contributed by atoms with Crippen molar-refractivity contribution >= 4 is 23.2 Å². The highest BCUT2D eigenvalue weighted by Gasteiger charge is 2.08. The van der Waals surface area contributed by atoms with Crippen LogP contribution in [0, 0.1) is 0 Å². The smallest absolute Gasteiger partial charge is 0.255 e. The molecule has 4 nitrogen and oxygen atoms in total. The van der Waals surface area contributed by atoms with Crippen LogP contribution in [0.5, 0.6) is 5.75 Å². The number of aromatic hydroxyl groups is 1. The fraction of sp³-hybridized carbons (Fsp3) is 0. The van der Waals surface area contributed by atoms with Gasteiger partial charge in [0.1, 0.15) is 10.9 Å². The summed E-state index contributed by atoms with van der Waals surface area (Å²) < 4.78 is 0. The van der Waals surface area contributed by atoms with Gasteiger partial charge in [0.25, 0.3) is 5.91 Å². The molecule has 0 saturated carbocycles. The van der Waals surface area contributed by atoms with E-state index < -0.39 is 0 Å². The summed E-state index contributed by atoms with van der Waals surface area (Å²) in [6.07, 6.45) is 1.45. The van der Waals surface area contributed by atoms with E-state index in [-0.39, 0.29) is 16.8 Å². The van der Waals surface area contributed by atoms with Gasteiger partial charge in [-0.1, -0.05) is 23.7 Å². The number of para-hydroxylation sites is 2. The second-order valence-electron chi connectivity index (χ2n) is 3.34. The molecule has 0 spiro atoms. The Morgan fingerprint density at radius 1 is 1.29 bits per heavy atom. The summed E-state index contributed by atoms with van der Waals surface area (Å²) >= 11 is 5.68. The lowest BCUT2D eigenvalue weighted by Gasteiger charge is -2.06. The average molecular weight is 249 g/mol. The molecule has 0 fully saturated rings. The van der Waals surface area contributed by atoms with E-state index in [1.54, 1.807) is 24.3 Å². The Labute approximate surface area is 103 Å². The van der Waals surface area contributed by atoms with Crippen molar-refractivity contribution in [3.8, 4) is 5.75 Å². The predicted molar refractivity (Wildman–Crippen MR) is 65.3 cm³/mol. The van der Waals surface area contributed by atoms with Gasteiger partial charge in [-0.25, -0.2) is 4.98 Å². The minimum atomic E-state index is -0.351. The van der Waals surface area contributed by atoms with E-state index >= 15 is 0 Å². The summed E-state index contributed by atoms with van der Waals surface area (Å²) in [6, 6.07) is 9.49. The molecule has 2 aromatic rings. The molecule has 1 amide bonds. The number of anilines is 1. The molecule has 0 atom stereocenters. The Balaban J connectivity index is 2.20. The molecule has 86 valence electrons. The molecular weight excluding hydrogens is 240 g/mol. The molecule has 1 heterocycles. The lowest BCUT2D eigenvalue weighted by atomic mass is 10.2. The number of hydrogen-bond acceptors (Lipinski definition) is 3. The highest BCUT2D eigenvalue weighted by Crippen LogP contribution is 2.22. The Bertz CT molecular complexity index is 558. The summed E-state index contributed by atoms with van der Waals surface area (Å²) in [5.41, 5.74) is 0.735. The van der Waals surface area contributed by atoms with Gasteiger partial charge in [0.2, 0.25) is 0 Å². The minimum Gasteiger partial charge on any atom is -0.506 e. The van der Waals surface area contributed by atoms with Gasteiger partial charge in [0.05, 0.1) is 5.69 Å². The Kier molecular flexibility index (Phi) is 3.25. The maximum Gasteiger partial charge on any atom is 0.255 e. The first kappa shape index (κ1) is 11.4. The molecule has 1 aromatic heterocycles. The van der Waals surface area contributed by atoms with Gasteiger partial charge in [0, 0.05) is 11.8 Å². The van der Waals surface area contributed by atoms with Gasteiger partial charge < -0.3 is 10.4 Å². The number of nitrogens with one attached hydrogen (secondary N) is 1. The number of nitrogens with zero attached hydrogens (tertiary/aromatic N) is 1. The van der Waals surface area contributed by atoms with Crippen molar-refractivity contribution in [3.63, 3.8) is 0 Å². The van der Waals surface area contributed by atoms with Crippen molar-refractivity contribution in [1.82, 2.24) is 4.98 Å². The fourth-order valence-corrected chi connectivity index (χ4v) is 1.49. The van der Waals surface area contributed by atoms with Crippen molar-refractivity contribution in [3.05, 3.63) is 53.3 Å². The molecule has 5 heteroatoms. The van der Waals surface area contributed by atoms with Gasteiger partial charge in [-0.05, 0) is 24.3 Å². The van der Waals surface area contributed by atoms with Crippen LogP contribution >= 0.6 is 11.6 Å². The lowest BCUT2D eigenvalue weighted by molar-refractivity contribution is 0.102. The Morgan fingerprint density at radius 3 is 2.76 bits per heavy atom. The summed E-state index contributed by atoms with van der Waals surface area (Å²) in [6.45, 7) is 0. The number of rotatable bonds is 2. The first-order chi connectivity index (χ1) is 8.16. The average Bonchev–Trinajstić information content (AvgIpc) is 2.32. The van der Waals surface area contributed by atoms with E-state index in [1.807, 2.05) is 0 Å². The van der Waals surface area contributed by atoms with E-state index in [1.165, 1.54) is 18.3 Å². The van der Waals surface area contributed by atoms with E-state index in [2.05, 4.69) is 10.3 Å². The Hall–Kier alpha value is -2.07. The lowest BCUT2D eigenvalue weighted by Crippen LogP contribution is -2.11. The first-order valence-corrected chi connectivity index (χ1v) is 5.25. The summed E-state index contributed by atoms with van der Waals surface area (Å²) in [7, 11) is 0. The summed E-state index contributed by atoms with van der Waals surface area (Å²) in [5.74, 6) is -0.336. The molecule has 1 aromatic carbocycles. The number of aromatic nitrogens is 1. The van der Waals surface area contributed by atoms with Crippen LogP contribution in [0.2, 0.25) is 5.15 Å². The largest absolute Gasteiger partial charge is 0.506 e. The fourth-order valence-electron chi connectivity index (χ4n) is 1.32. The first-order valence-electron chi connectivity index (χ1n) is 4.88. The predicted octanol–water partition coefficient (Wildman–Crippen LogP) is 2.69. The standard InChI is InChI=1S/C12H9ClN2O2/c13-11-7-8(5-6-14-11)12(17)15-9-3-1-2-4-10(9)16/h1-7,16H,(H,15,17). The van der Waals surface area contributed by atoms with Gasteiger partial charge in [0.15, 0.2) is 0 Å². The molecule has 2 N–H and O–H groups in total. The minimum absolute atomic E-state index is 0.0148. The maximum absolute atomic E-state index is 11.8. The zero-order chi connectivity index (χ0) is 12.3. The number of phenolic OH excluding ortho intramolecular Hbond substituents is 1. The quantitative estimate of drug-likeness (QED) is 0.634. The van der Waals surface area contributed by atoms with Crippen molar-refractivity contribution in [2.45, 2.75) is 0 Å². The third kappa shape index (κ3) is 2.73. The van der Waals surface area contributed by atoms with Crippen molar-refractivity contribution < 1.29 is 9.90 Å². The third-order valence-electron chi connectivity index (χ3n) is 2.14. The molecule has 0 aliphatic rings. The van der Waals surface area contributed by atoms with Crippen LogP contribution in [0.3, 0.4) is 0 Å². The molecular formula is C12H9ClN2O2. The molecule has 17 heavy (non-hydrogen) atoms. The molecule has 2 rings (SSSR count). The number of hydrogen-bond donors (Lipinski definition) is 2. The summed E-state index contributed by atoms with van der Waals surface area (Å²) in [4.78, 5) is 15.6. The molecule has 0 radical (unpaired) electrons. The number of benzene rings is 1. The van der Waals surface area contributed by atoms with Gasteiger partial charge in [-0.15, -0.1) is 0 Å². The SMILES string of the molecule is O=C(Nc1ccccc1O)c1ccnc(Cl)c1. The van der Waals surface area contributed by atoms with Crippen LogP contribution in [0.1, 0.15) is 10.4 Å². The monoisotopic (exact) mass is 248 g/mol. The zero-order valence-electron chi connectivity index (χ0n) is 8.72. The van der Waals surface area contributed by atoms with Crippen LogP contribution in [0.15, 0.2) is 42.6 Å². The number of pyridine rings is 1. The van der Waals surface area contributed by atoms with Crippen LogP contribution in [0.25, 0.3) is 0 Å². The normalized spacial score (nSPS) is 9.94. The van der Waals surface area contributed by atoms with Crippen molar-refractivity contribution in [2.24, 2.45) is 0 Å². The number of phenols is 1. The Morgan fingerprint density at radius 2 is 2.06 bits per heavy atom. The van der Waals surface area contributed by atoms with Crippen LogP contribution in [-0.4, -0.2) is 16.0 Å². The second kappa shape index (κ2) is 4.84. The molecule has 0 saturated heterocycles. The van der Waals surface area contributed by atoms with Gasteiger partial charge >= 0.3 is 0 Å². The van der Waals surface area contributed by atoms with Gasteiger partial charge in [-0.2, -0.15) is 0 Å². The van der Waals surface area contributed by atoms with Crippen LogP contribution in [0.4, 0.5) is 5.69 Å². The van der Waals surface area contributed by atoms with E-state index in [9.17, 15) is 9.90 Å². The molecule has 0 unspecified atom stereocenters. The summed E-state index contributed by atoms with van der Waals surface area (Å²) in [5, 5.41) is 12.3. The van der Waals surface area contributed by atoms with Crippen molar-refractivity contribution in [1.29, 1.82) is 0 Å². The van der Waals surface area contributed by atoms with Crippen LogP contribution < -0.4 is 5.32 Å². The van der Waals surface area contributed by atoms with E-state index in [4.69, 9.17) is 11.6 Å². The highest BCUT2D eigenvalue weighted by molar-refractivity contribution is 6.29. The molecule has 0 aliphatic heterocycles. The van der Waals surface area contributed by atoms with Crippen LogP contribution in [-0.2, 0) is 0 Å². The number of amides is 1. The maximum atomic E-state index is 11.8. The third-order valence-corrected chi connectivity index (χ3v) is 2.35. The molecule has 0 aliphatic carbocycles. The second-order valence-corrected chi connectivity index (χ2v) is 3.73. The van der Waals surface area contributed by atoms with Crippen molar-refractivity contribution in [2.75, 3.05) is 5.32 Å². The topological polar surface area (TPSA) is 62.2 Å². The van der Waals surface area contributed by atoms with E-state index in [0.29, 0.717) is 11.3 Å². The molecule has 0 bridgehead atoms. The number of carbonyl (C=O) groups excluding carboxylic acids is 1. The van der Waals surface area contributed by atoms with Gasteiger partial charge in [-0.3, -0.25) is 4.79 Å². The number of carbonyl (C=O) groups is 1. The van der Waals surface area contributed by atoms with E-state index in [0.717, 1.165) is 0 Å².